The Bertz CT molecular complexity index is 899. The molecule has 0 radical (unpaired) electrons. The van der Waals surface area contributed by atoms with Gasteiger partial charge in [-0.05, 0) is 28.7 Å². The summed E-state index contributed by atoms with van der Waals surface area (Å²) in [5.74, 6) is -2.17. The maximum atomic E-state index is 12.3. The van der Waals surface area contributed by atoms with E-state index < -0.39 is 36.7 Å². The lowest BCUT2D eigenvalue weighted by Crippen LogP contribution is -2.52. The number of amides is 2. The maximum Gasteiger partial charge on any atom is 0.407 e. The molecule has 0 bridgehead atoms. The lowest BCUT2D eigenvalue weighted by Gasteiger charge is -2.20. The molecule has 0 aromatic heterocycles. The van der Waals surface area contributed by atoms with Crippen LogP contribution in [0.3, 0.4) is 0 Å². The predicted octanol–water partition coefficient (Wildman–Crippen LogP) is 1.87. The highest BCUT2D eigenvalue weighted by atomic mass is 16.5. The van der Waals surface area contributed by atoms with E-state index in [9.17, 15) is 14.4 Å². The SMILES string of the molecule is CC[C@@H](NC(=O)OCC1c2ccccc2-c2ccccc21)C(=O)NC(CO)C(=O)O. The van der Waals surface area contributed by atoms with Gasteiger partial charge < -0.3 is 25.6 Å². The van der Waals surface area contributed by atoms with Gasteiger partial charge in [-0.25, -0.2) is 9.59 Å². The molecule has 0 aliphatic heterocycles. The number of rotatable bonds is 8. The number of fused-ring (bicyclic) bond motifs is 3. The third-order valence-electron chi connectivity index (χ3n) is 5.16. The Labute approximate surface area is 173 Å². The molecule has 8 nitrogen and oxygen atoms in total. The van der Waals surface area contributed by atoms with Crippen LogP contribution < -0.4 is 10.6 Å². The summed E-state index contributed by atoms with van der Waals surface area (Å²) in [6.45, 7) is 1.03. The topological polar surface area (TPSA) is 125 Å². The van der Waals surface area contributed by atoms with Gasteiger partial charge >= 0.3 is 12.1 Å². The Morgan fingerprint density at radius 1 is 0.967 bits per heavy atom. The fourth-order valence-corrected chi connectivity index (χ4v) is 3.59. The Morgan fingerprint density at radius 3 is 2.03 bits per heavy atom. The molecule has 1 unspecified atom stereocenters. The smallest absolute Gasteiger partial charge is 0.407 e. The molecule has 3 rings (SSSR count). The molecule has 0 fully saturated rings. The van der Waals surface area contributed by atoms with Gasteiger partial charge in [-0.3, -0.25) is 4.79 Å². The fraction of sp³-hybridized carbons (Fsp3) is 0.318. The first kappa shape index (κ1) is 21.3. The standard InChI is InChI=1S/C22H24N2O6/c1-2-18(20(26)23-19(11-25)21(27)28)24-22(29)30-12-17-15-9-5-3-7-13(15)14-8-4-6-10-16(14)17/h3-10,17-19,25H,2,11-12H2,1H3,(H,23,26)(H,24,29)(H,27,28)/t18-,19?/m1/s1. The zero-order valence-electron chi connectivity index (χ0n) is 16.5. The molecule has 0 heterocycles. The van der Waals surface area contributed by atoms with Gasteiger partial charge in [0.1, 0.15) is 18.7 Å². The van der Waals surface area contributed by atoms with E-state index in [0.717, 1.165) is 22.3 Å². The number of carboxylic acid groups (broad SMARTS) is 1. The Balaban J connectivity index is 1.63. The molecule has 30 heavy (non-hydrogen) atoms. The van der Waals surface area contributed by atoms with Crippen LogP contribution in [0.1, 0.15) is 30.4 Å². The third-order valence-corrected chi connectivity index (χ3v) is 5.16. The molecule has 1 aliphatic carbocycles. The minimum absolute atomic E-state index is 0.103. The second-order valence-electron chi connectivity index (χ2n) is 7.01. The number of ether oxygens (including phenoxy) is 1. The Hall–Kier alpha value is -3.39. The summed E-state index contributed by atoms with van der Waals surface area (Å²) in [6, 6.07) is 13.5. The van der Waals surface area contributed by atoms with Gasteiger partial charge in [-0.2, -0.15) is 0 Å². The van der Waals surface area contributed by atoms with Crippen LogP contribution in [-0.2, 0) is 14.3 Å². The molecular weight excluding hydrogens is 388 g/mol. The van der Waals surface area contributed by atoms with E-state index in [1.807, 2.05) is 48.5 Å². The molecule has 2 amide bonds. The van der Waals surface area contributed by atoms with E-state index in [1.54, 1.807) is 6.92 Å². The molecule has 1 aliphatic rings. The molecule has 0 spiro atoms. The number of carboxylic acids is 1. The van der Waals surface area contributed by atoms with Gasteiger partial charge in [0.25, 0.3) is 0 Å². The first-order valence-electron chi connectivity index (χ1n) is 9.71. The van der Waals surface area contributed by atoms with Crippen molar-refractivity contribution in [3.05, 3.63) is 59.7 Å². The summed E-state index contributed by atoms with van der Waals surface area (Å²) < 4.78 is 5.41. The van der Waals surface area contributed by atoms with E-state index in [4.69, 9.17) is 14.9 Å². The van der Waals surface area contributed by atoms with Crippen molar-refractivity contribution in [3.63, 3.8) is 0 Å². The zero-order valence-corrected chi connectivity index (χ0v) is 16.5. The maximum absolute atomic E-state index is 12.3. The molecule has 0 saturated heterocycles. The Morgan fingerprint density at radius 2 is 1.53 bits per heavy atom. The van der Waals surface area contributed by atoms with Crippen molar-refractivity contribution < 1.29 is 29.3 Å². The number of carbonyl (C=O) groups is 3. The minimum atomic E-state index is -1.43. The monoisotopic (exact) mass is 412 g/mol. The lowest BCUT2D eigenvalue weighted by atomic mass is 9.98. The highest BCUT2D eigenvalue weighted by Gasteiger charge is 2.30. The van der Waals surface area contributed by atoms with E-state index in [2.05, 4.69) is 10.6 Å². The largest absolute Gasteiger partial charge is 0.480 e. The number of aliphatic carboxylic acids is 1. The highest BCUT2D eigenvalue weighted by Crippen LogP contribution is 2.44. The summed E-state index contributed by atoms with van der Waals surface area (Å²) in [5.41, 5.74) is 4.36. The van der Waals surface area contributed by atoms with Crippen LogP contribution in [0.2, 0.25) is 0 Å². The van der Waals surface area contributed by atoms with E-state index in [1.165, 1.54) is 0 Å². The average Bonchev–Trinajstić information content (AvgIpc) is 3.07. The summed E-state index contributed by atoms with van der Waals surface area (Å²) in [5, 5.41) is 22.6. The number of benzene rings is 2. The molecule has 4 N–H and O–H groups in total. The minimum Gasteiger partial charge on any atom is -0.480 e. The molecule has 2 atom stereocenters. The predicted molar refractivity (Wildman–Crippen MR) is 109 cm³/mol. The van der Waals surface area contributed by atoms with Gasteiger partial charge in [-0.15, -0.1) is 0 Å². The highest BCUT2D eigenvalue weighted by molar-refractivity contribution is 5.89. The number of carbonyl (C=O) groups excluding carboxylic acids is 2. The molecule has 2 aromatic carbocycles. The van der Waals surface area contributed by atoms with E-state index in [0.29, 0.717) is 0 Å². The summed E-state index contributed by atoms with van der Waals surface area (Å²) in [4.78, 5) is 35.5. The summed E-state index contributed by atoms with van der Waals surface area (Å²) in [7, 11) is 0. The quantitative estimate of drug-likeness (QED) is 0.525. The number of alkyl carbamates (subject to hydrolysis) is 1. The first-order chi connectivity index (χ1) is 14.5. The molecular formula is C22H24N2O6. The molecule has 0 saturated carbocycles. The fourth-order valence-electron chi connectivity index (χ4n) is 3.59. The van der Waals surface area contributed by atoms with Gasteiger partial charge in [0, 0.05) is 5.92 Å². The normalized spacial score (nSPS) is 14.2. The van der Waals surface area contributed by atoms with Crippen molar-refractivity contribution in [2.75, 3.05) is 13.2 Å². The Kier molecular flexibility index (Phi) is 6.68. The van der Waals surface area contributed by atoms with Crippen molar-refractivity contribution in [3.8, 4) is 11.1 Å². The lowest BCUT2D eigenvalue weighted by molar-refractivity contribution is -0.143. The van der Waals surface area contributed by atoms with Crippen molar-refractivity contribution in [1.82, 2.24) is 10.6 Å². The first-order valence-corrected chi connectivity index (χ1v) is 9.71. The van der Waals surface area contributed by atoms with E-state index >= 15 is 0 Å². The van der Waals surface area contributed by atoms with Gasteiger partial charge in [0.2, 0.25) is 5.91 Å². The zero-order chi connectivity index (χ0) is 21.7. The van der Waals surface area contributed by atoms with Crippen molar-refractivity contribution in [2.45, 2.75) is 31.3 Å². The van der Waals surface area contributed by atoms with Crippen LogP contribution in [0, 0.1) is 0 Å². The van der Waals surface area contributed by atoms with Crippen LogP contribution in [0.4, 0.5) is 4.79 Å². The van der Waals surface area contributed by atoms with Crippen LogP contribution in [0.25, 0.3) is 11.1 Å². The van der Waals surface area contributed by atoms with Gasteiger partial charge in [-0.1, -0.05) is 55.5 Å². The second kappa shape index (κ2) is 9.41. The summed E-state index contributed by atoms with van der Waals surface area (Å²) in [6.07, 6.45) is -0.539. The average molecular weight is 412 g/mol. The van der Waals surface area contributed by atoms with Crippen molar-refractivity contribution in [2.24, 2.45) is 0 Å². The van der Waals surface area contributed by atoms with Crippen LogP contribution in [-0.4, -0.2) is 53.5 Å². The molecule has 8 heteroatoms. The van der Waals surface area contributed by atoms with Crippen LogP contribution >= 0.6 is 0 Å². The molecule has 2 aromatic rings. The van der Waals surface area contributed by atoms with Gasteiger partial charge in [0.15, 0.2) is 0 Å². The van der Waals surface area contributed by atoms with Crippen LogP contribution in [0.15, 0.2) is 48.5 Å². The number of hydrogen-bond acceptors (Lipinski definition) is 5. The van der Waals surface area contributed by atoms with Crippen molar-refractivity contribution in [1.29, 1.82) is 0 Å². The van der Waals surface area contributed by atoms with Crippen molar-refractivity contribution >= 4 is 18.0 Å². The second-order valence-corrected chi connectivity index (χ2v) is 7.01. The number of aliphatic hydroxyl groups excluding tert-OH is 1. The summed E-state index contributed by atoms with van der Waals surface area (Å²) >= 11 is 0. The van der Waals surface area contributed by atoms with Crippen LogP contribution in [0.5, 0.6) is 0 Å². The van der Waals surface area contributed by atoms with Gasteiger partial charge in [0.05, 0.1) is 6.61 Å². The third kappa shape index (κ3) is 4.44. The van der Waals surface area contributed by atoms with E-state index in [-0.39, 0.29) is 18.9 Å². The number of nitrogens with one attached hydrogen (secondary N) is 2. The number of hydrogen-bond donors (Lipinski definition) is 4. The molecule has 158 valence electrons. The number of aliphatic hydroxyl groups is 1.